The summed E-state index contributed by atoms with van der Waals surface area (Å²) in [5, 5.41) is 2.01. The third kappa shape index (κ3) is 6.98. The van der Waals surface area contributed by atoms with E-state index in [9.17, 15) is 4.79 Å². The van der Waals surface area contributed by atoms with Crippen molar-refractivity contribution >= 4 is 68.0 Å². The minimum absolute atomic E-state index is 0.0602. The van der Waals surface area contributed by atoms with Crippen LogP contribution < -0.4 is 9.47 Å². The highest BCUT2D eigenvalue weighted by Crippen LogP contribution is 2.41. The van der Waals surface area contributed by atoms with E-state index >= 15 is 0 Å². The van der Waals surface area contributed by atoms with E-state index in [0.29, 0.717) is 32.5 Å². The molecule has 1 saturated heterocycles. The molecule has 0 bridgehead atoms. The topological polar surface area (TPSA) is 51.1 Å². The second kappa shape index (κ2) is 13.3. The number of hydrogen-bond donors (Lipinski definition) is 0. The number of aliphatic imine (C=N–C) groups is 1. The number of halogens is 3. The first kappa shape index (κ1) is 28.8. The fourth-order valence-electron chi connectivity index (χ4n) is 5.47. The zero-order valence-electron chi connectivity index (χ0n) is 22.1. The number of amidine groups is 1. The molecular formula is C30H33BrCl2N2O3S. The Balaban J connectivity index is 1.40. The number of rotatable bonds is 7. The molecule has 1 aliphatic heterocycles. The number of carbonyl (C=O) groups is 1. The molecule has 2 saturated carbocycles. The van der Waals surface area contributed by atoms with Crippen molar-refractivity contribution in [1.29, 1.82) is 0 Å². The molecule has 0 aromatic heterocycles. The van der Waals surface area contributed by atoms with Gasteiger partial charge in [0.25, 0.3) is 5.91 Å². The lowest BCUT2D eigenvalue weighted by molar-refractivity contribution is -0.124. The van der Waals surface area contributed by atoms with Gasteiger partial charge in [-0.1, -0.05) is 83.7 Å². The highest BCUT2D eigenvalue weighted by atomic mass is 79.9. The minimum Gasteiger partial charge on any atom is -0.493 e. The fraction of sp³-hybridized carbons (Fsp3) is 0.467. The number of thioether (sulfide) groups is 1. The first-order valence-electron chi connectivity index (χ1n) is 13.7. The lowest BCUT2D eigenvalue weighted by Crippen LogP contribution is -2.41. The van der Waals surface area contributed by atoms with Crippen LogP contribution in [0.15, 0.2) is 44.7 Å². The van der Waals surface area contributed by atoms with E-state index in [2.05, 4.69) is 15.9 Å². The van der Waals surface area contributed by atoms with Crippen molar-refractivity contribution in [2.24, 2.45) is 4.99 Å². The van der Waals surface area contributed by atoms with Crippen molar-refractivity contribution in [3.8, 4) is 11.5 Å². The zero-order valence-corrected chi connectivity index (χ0v) is 26.0. The van der Waals surface area contributed by atoms with Crippen LogP contribution in [0.3, 0.4) is 0 Å². The normalized spacial score (nSPS) is 21.2. The molecule has 0 N–H and O–H groups in total. The first-order chi connectivity index (χ1) is 18.9. The van der Waals surface area contributed by atoms with Crippen LogP contribution in [0.1, 0.15) is 75.3 Å². The third-order valence-corrected chi connectivity index (χ3v) is 9.88. The lowest BCUT2D eigenvalue weighted by Gasteiger charge is -2.31. The highest BCUT2D eigenvalue weighted by molar-refractivity contribution is 9.10. The molecule has 2 aromatic carbocycles. The SMILES string of the molecule is COc1cc(C=C2SC(=NC3CCCCC3)N(C3CCCCC3)C2=O)c(Br)cc1OCc1ccc(Cl)cc1Cl. The Hall–Kier alpha value is -1.67. The van der Waals surface area contributed by atoms with Gasteiger partial charge in [-0.2, -0.15) is 0 Å². The molecule has 0 atom stereocenters. The number of nitrogens with zero attached hydrogens (tertiary/aromatic N) is 2. The molecule has 3 fully saturated rings. The van der Waals surface area contributed by atoms with Crippen molar-refractivity contribution in [1.82, 2.24) is 4.90 Å². The van der Waals surface area contributed by atoms with Crippen molar-refractivity contribution in [2.45, 2.75) is 82.9 Å². The molecule has 5 rings (SSSR count). The van der Waals surface area contributed by atoms with E-state index in [4.69, 9.17) is 37.7 Å². The Morgan fingerprint density at radius 3 is 2.44 bits per heavy atom. The molecule has 208 valence electrons. The van der Waals surface area contributed by atoms with E-state index in [-0.39, 0.29) is 18.6 Å². The van der Waals surface area contributed by atoms with Crippen LogP contribution in [0.25, 0.3) is 6.08 Å². The monoisotopic (exact) mass is 650 g/mol. The zero-order chi connectivity index (χ0) is 27.4. The van der Waals surface area contributed by atoms with E-state index in [1.807, 2.05) is 29.2 Å². The second-order valence-electron chi connectivity index (χ2n) is 10.3. The van der Waals surface area contributed by atoms with Gasteiger partial charge in [0.15, 0.2) is 16.7 Å². The molecule has 1 amide bonds. The Labute approximate surface area is 253 Å². The van der Waals surface area contributed by atoms with E-state index < -0.39 is 0 Å². The number of benzene rings is 2. The van der Waals surface area contributed by atoms with Crippen LogP contribution >= 0.6 is 50.9 Å². The summed E-state index contributed by atoms with van der Waals surface area (Å²) in [4.78, 5) is 21.6. The summed E-state index contributed by atoms with van der Waals surface area (Å²) >= 11 is 17.5. The van der Waals surface area contributed by atoms with Crippen molar-refractivity contribution in [3.63, 3.8) is 0 Å². The van der Waals surface area contributed by atoms with Gasteiger partial charge in [0.1, 0.15) is 6.61 Å². The van der Waals surface area contributed by atoms with Gasteiger partial charge in [-0.25, -0.2) is 0 Å². The Bertz CT molecular complexity index is 1270. The summed E-state index contributed by atoms with van der Waals surface area (Å²) in [5.74, 6) is 1.21. The summed E-state index contributed by atoms with van der Waals surface area (Å²) in [6.45, 7) is 0.269. The van der Waals surface area contributed by atoms with Crippen molar-refractivity contribution in [2.75, 3.05) is 7.11 Å². The summed E-state index contributed by atoms with van der Waals surface area (Å²) in [6.07, 6.45) is 13.6. The van der Waals surface area contributed by atoms with Gasteiger partial charge in [-0.3, -0.25) is 14.7 Å². The number of hydrogen-bond acceptors (Lipinski definition) is 5. The van der Waals surface area contributed by atoms with Crippen LogP contribution in [0.4, 0.5) is 0 Å². The molecule has 5 nitrogen and oxygen atoms in total. The average Bonchev–Trinajstić information content (AvgIpc) is 3.24. The summed E-state index contributed by atoms with van der Waals surface area (Å²) < 4.78 is 12.5. The lowest BCUT2D eigenvalue weighted by atomic mass is 9.94. The quantitative estimate of drug-likeness (QED) is 0.280. The third-order valence-electron chi connectivity index (χ3n) is 7.61. The predicted octanol–water partition coefficient (Wildman–Crippen LogP) is 9.28. The maximum absolute atomic E-state index is 13.8. The van der Waals surface area contributed by atoms with Gasteiger partial charge in [0, 0.05) is 26.1 Å². The van der Waals surface area contributed by atoms with E-state index in [0.717, 1.165) is 46.5 Å². The van der Waals surface area contributed by atoms with E-state index in [1.165, 1.54) is 50.3 Å². The van der Waals surface area contributed by atoms with Gasteiger partial charge in [0.05, 0.1) is 18.1 Å². The largest absolute Gasteiger partial charge is 0.493 e. The standard InChI is InChI=1S/C30H33BrCl2N2O3S/c1-37-26-14-20(24(31)17-27(26)38-18-19-12-13-21(32)16-25(19)33)15-28-29(36)35(23-10-6-3-7-11-23)30(39-28)34-22-8-4-2-5-9-22/h12-17,22-23H,2-11,18H2,1H3. The highest BCUT2D eigenvalue weighted by Gasteiger charge is 2.39. The smallest absolute Gasteiger partial charge is 0.267 e. The maximum Gasteiger partial charge on any atom is 0.267 e. The second-order valence-corrected chi connectivity index (χ2v) is 13.0. The first-order valence-corrected chi connectivity index (χ1v) is 16.0. The number of ether oxygens (including phenoxy) is 2. The van der Waals surface area contributed by atoms with Gasteiger partial charge >= 0.3 is 0 Å². The number of amides is 1. The van der Waals surface area contributed by atoms with Gasteiger partial charge in [-0.15, -0.1) is 0 Å². The predicted molar refractivity (Wildman–Crippen MR) is 165 cm³/mol. The van der Waals surface area contributed by atoms with Crippen molar-refractivity contribution in [3.05, 3.63) is 60.9 Å². The Morgan fingerprint density at radius 2 is 1.74 bits per heavy atom. The molecule has 2 aromatic rings. The Morgan fingerprint density at radius 1 is 1.03 bits per heavy atom. The van der Waals surface area contributed by atoms with Gasteiger partial charge < -0.3 is 9.47 Å². The van der Waals surface area contributed by atoms with E-state index in [1.54, 1.807) is 19.2 Å². The van der Waals surface area contributed by atoms with Gasteiger partial charge in [-0.05, 0) is 73.4 Å². The molecule has 39 heavy (non-hydrogen) atoms. The maximum atomic E-state index is 13.8. The summed E-state index contributed by atoms with van der Waals surface area (Å²) in [5.41, 5.74) is 1.67. The number of carbonyl (C=O) groups excluding carboxylic acids is 1. The molecule has 2 aliphatic carbocycles. The van der Waals surface area contributed by atoms with Crippen LogP contribution in [0, 0.1) is 0 Å². The van der Waals surface area contributed by atoms with Crippen molar-refractivity contribution < 1.29 is 14.3 Å². The number of methoxy groups -OCH3 is 1. The van der Waals surface area contributed by atoms with Crippen LogP contribution in [0.5, 0.6) is 11.5 Å². The molecule has 9 heteroatoms. The summed E-state index contributed by atoms with van der Waals surface area (Å²) in [6, 6.07) is 9.65. The van der Waals surface area contributed by atoms with Gasteiger partial charge in [0.2, 0.25) is 0 Å². The minimum atomic E-state index is 0.0602. The Kier molecular flexibility index (Phi) is 9.86. The molecule has 0 radical (unpaired) electrons. The molecule has 0 spiro atoms. The van der Waals surface area contributed by atoms with Crippen LogP contribution in [-0.4, -0.2) is 35.2 Å². The molecular weight excluding hydrogens is 619 g/mol. The molecule has 3 aliphatic rings. The van der Waals surface area contributed by atoms with Crippen LogP contribution in [-0.2, 0) is 11.4 Å². The molecule has 0 unspecified atom stereocenters. The average molecular weight is 652 g/mol. The fourth-order valence-corrected chi connectivity index (χ4v) is 7.47. The molecule has 1 heterocycles. The van der Waals surface area contributed by atoms with Crippen LogP contribution in [0.2, 0.25) is 10.0 Å². The summed E-state index contributed by atoms with van der Waals surface area (Å²) in [7, 11) is 1.61.